The van der Waals surface area contributed by atoms with Crippen molar-refractivity contribution in [3.05, 3.63) is 59.3 Å². The summed E-state index contributed by atoms with van der Waals surface area (Å²) in [6.07, 6.45) is 9.64. The van der Waals surface area contributed by atoms with Crippen LogP contribution in [0.25, 0.3) is 16.6 Å². The van der Waals surface area contributed by atoms with Gasteiger partial charge >= 0.3 is 0 Å². The molecule has 0 radical (unpaired) electrons. The summed E-state index contributed by atoms with van der Waals surface area (Å²) in [5.74, 6) is -0.111. The SMILES string of the molecule is [2H]C([2H])([2H])N(C(=O)c1cc(F)ccc1-n1cc(C[C@@H]2CCN(CC3CCN(C(C)=O)CC3)C2)c2c(C)cncc21)C(C)C. The zero-order valence-electron chi connectivity index (χ0n) is 27.0. The first-order valence-electron chi connectivity index (χ1n) is 15.9. The predicted molar refractivity (Wildman–Crippen MR) is 156 cm³/mol. The van der Waals surface area contributed by atoms with Crippen LogP contribution in [0.5, 0.6) is 0 Å². The molecule has 1 aromatic carbocycles. The third-order valence-corrected chi connectivity index (χ3v) is 8.62. The molecule has 2 saturated heterocycles. The lowest BCUT2D eigenvalue weighted by atomic mass is 9.96. The number of hydrogen-bond donors (Lipinski definition) is 0. The molecule has 0 saturated carbocycles. The minimum absolute atomic E-state index is 0.00218. The summed E-state index contributed by atoms with van der Waals surface area (Å²) in [5, 5.41) is 1.06. The minimum atomic E-state index is -2.67. The van der Waals surface area contributed by atoms with E-state index in [0.717, 1.165) is 91.4 Å². The topological polar surface area (TPSA) is 61.7 Å². The van der Waals surface area contributed by atoms with E-state index < -0.39 is 24.7 Å². The summed E-state index contributed by atoms with van der Waals surface area (Å²) in [4.78, 5) is 35.1. The molecule has 2 aromatic heterocycles. The van der Waals surface area contributed by atoms with Crippen LogP contribution < -0.4 is 0 Å². The highest BCUT2D eigenvalue weighted by atomic mass is 19.1. The summed E-state index contributed by atoms with van der Waals surface area (Å²) in [7, 11) is 0. The van der Waals surface area contributed by atoms with E-state index in [1.807, 2.05) is 28.8 Å². The molecular formula is C32H42FN5O2. The number of aromatic nitrogens is 2. The predicted octanol–water partition coefficient (Wildman–Crippen LogP) is 5.08. The Kier molecular flexibility index (Phi) is 7.17. The molecule has 0 spiro atoms. The molecule has 7 nitrogen and oxygen atoms in total. The molecule has 4 heterocycles. The maximum Gasteiger partial charge on any atom is 0.256 e. The second-order valence-corrected chi connectivity index (χ2v) is 11.9. The zero-order chi connectivity index (χ0) is 31.1. The van der Waals surface area contributed by atoms with Crippen LogP contribution in [0.4, 0.5) is 4.39 Å². The van der Waals surface area contributed by atoms with E-state index in [9.17, 15) is 14.0 Å². The maximum atomic E-state index is 14.5. The van der Waals surface area contributed by atoms with Crippen LogP contribution in [-0.2, 0) is 11.2 Å². The van der Waals surface area contributed by atoms with E-state index in [0.29, 0.717) is 17.5 Å². The van der Waals surface area contributed by atoms with E-state index in [1.54, 1.807) is 33.0 Å². The second kappa shape index (κ2) is 11.7. The van der Waals surface area contributed by atoms with Crippen molar-refractivity contribution in [1.82, 2.24) is 24.3 Å². The maximum absolute atomic E-state index is 14.5. The first kappa shape index (κ1) is 24.5. The Hall–Kier alpha value is -3.26. The number of amides is 2. The van der Waals surface area contributed by atoms with Crippen molar-refractivity contribution in [3.63, 3.8) is 0 Å². The lowest BCUT2D eigenvalue weighted by molar-refractivity contribution is -0.130. The quantitative estimate of drug-likeness (QED) is 0.412. The third kappa shape index (κ3) is 5.78. The van der Waals surface area contributed by atoms with Crippen LogP contribution in [0.15, 0.2) is 36.8 Å². The van der Waals surface area contributed by atoms with Gasteiger partial charge in [-0.1, -0.05) is 0 Å². The van der Waals surface area contributed by atoms with Gasteiger partial charge in [0.25, 0.3) is 5.91 Å². The minimum Gasteiger partial charge on any atom is -0.343 e. The number of carbonyl (C=O) groups excluding carboxylic acids is 2. The highest BCUT2D eigenvalue weighted by Crippen LogP contribution is 2.33. The van der Waals surface area contributed by atoms with Crippen LogP contribution in [0.1, 0.15) is 65.6 Å². The number of piperidine rings is 1. The number of carbonyl (C=O) groups is 2. The van der Waals surface area contributed by atoms with Crippen LogP contribution in [0.3, 0.4) is 0 Å². The largest absolute Gasteiger partial charge is 0.343 e. The van der Waals surface area contributed by atoms with Gasteiger partial charge in [-0.2, -0.15) is 0 Å². The number of benzene rings is 1. The molecule has 3 aromatic rings. The van der Waals surface area contributed by atoms with Crippen LogP contribution >= 0.6 is 0 Å². The molecule has 5 rings (SSSR count). The van der Waals surface area contributed by atoms with Crippen molar-refractivity contribution in [2.24, 2.45) is 11.8 Å². The molecular weight excluding hydrogens is 505 g/mol. The Morgan fingerprint density at radius 1 is 1.15 bits per heavy atom. The van der Waals surface area contributed by atoms with E-state index in [1.165, 1.54) is 6.07 Å². The number of likely N-dealkylation sites (tertiary alicyclic amines) is 2. The van der Waals surface area contributed by atoms with Crippen molar-refractivity contribution in [3.8, 4) is 5.69 Å². The Morgan fingerprint density at radius 2 is 1.90 bits per heavy atom. The molecule has 8 heteroatoms. The number of halogens is 1. The summed E-state index contributed by atoms with van der Waals surface area (Å²) in [6.45, 7) is 9.08. The number of aryl methyl sites for hydroxylation is 1. The van der Waals surface area contributed by atoms with Crippen LogP contribution in [0, 0.1) is 24.6 Å². The van der Waals surface area contributed by atoms with Gasteiger partial charge in [-0.25, -0.2) is 4.39 Å². The fourth-order valence-electron chi connectivity index (χ4n) is 6.40. The lowest BCUT2D eigenvalue weighted by Gasteiger charge is -2.33. The molecule has 0 N–H and O–H groups in total. The van der Waals surface area contributed by atoms with Crippen molar-refractivity contribution in [2.45, 2.75) is 59.4 Å². The number of hydrogen-bond acceptors (Lipinski definition) is 4. The van der Waals surface area contributed by atoms with Crippen molar-refractivity contribution in [2.75, 3.05) is 39.7 Å². The van der Waals surface area contributed by atoms with Gasteiger partial charge < -0.3 is 19.3 Å². The molecule has 0 aliphatic carbocycles. The third-order valence-electron chi connectivity index (χ3n) is 8.62. The average molecular weight is 551 g/mol. The van der Waals surface area contributed by atoms with Crippen molar-refractivity contribution < 1.29 is 18.1 Å². The van der Waals surface area contributed by atoms with Gasteiger partial charge in [0.1, 0.15) is 5.82 Å². The van der Waals surface area contributed by atoms with Crippen molar-refractivity contribution >= 4 is 22.7 Å². The van der Waals surface area contributed by atoms with Gasteiger partial charge in [-0.05, 0) is 94.2 Å². The zero-order valence-corrected chi connectivity index (χ0v) is 24.0. The molecule has 2 amide bonds. The number of pyridine rings is 1. The normalized spacial score (nSPS) is 20.1. The van der Waals surface area contributed by atoms with Gasteiger partial charge in [0.05, 0.1) is 23.0 Å². The van der Waals surface area contributed by atoms with Crippen LogP contribution in [0.2, 0.25) is 0 Å². The second-order valence-electron chi connectivity index (χ2n) is 11.9. The van der Waals surface area contributed by atoms with E-state index in [4.69, 9.17) is 4.11 Å². The highest BCUT2D eigenvalue weighted by Gasteiger charge is 2.29. The average Bonchev–Trinajstić information content (AvgIpc) is 3.53. The van der Waals surface area contributed by atoms with E-state index in [-0.39, 0.29) is 11.5 Å². The summed E-state index contributed by atoms with van der Waals surface area (Å²) < 4.78 is 40.3. The number of nitrogens with zero attached hydrogens (tertiary/aromatic N) is 5. The van der Waals surface area contributed by atoms with Gasteiger partial charge in [-0.3, -0.25) is 14.6 Å². The molecule has 2 aliphatic rings. The first-order valence-corrected chi connectivity index (χ1v) is 14.4. The van der Waals surface area contributed by atoms with Crippen LogP contribution in [-0.4, -0.2) is 81.8 Å². The fourth-order valence-corrected chi connectivity index (χ4v) is 6.40. The number of fused-ring (bicyclic) bond motifs is 1. The molecule has 2 fully saturated rings. The Morgan fingerprint density at radius 3 is 2.60 bits per heavy atom. The highest BCUT2D eigenvalue weighted by molar-refractivity contribution is 5.99. The Labute approximate surface area is 241 Å². The Bertz CT molecular complexity index is 1500. The molecule has 214 valence electrons. The summed E-state index contributed by atoms with van der Waals surface area (Å²) in [5.41, 5.74) is 3.37. The number of rotatable bonds is 7. The molecule has 40 heavy (non-hydrogen) atoms. The van der Waals surface area contributed by atoms with Gasteiger partial charge in [0.15, 0.2) is 0 Å². The van der Waals surface area contributed by atoms with E-state index in [2.05, 4.69) is 9.88 Å². The van der Waals surface area contributed by atoms with Gasteiger partial charge in [0.2, 0.25) is 5.91 Å². The summed E-state index contributed by atoms with van der Waals surface area (Å²) >= 11 is 0. The lowest BCUT2D eigenvalue weighted by Crippen LogP contribution is -2.40. The summed E-state index contributed by atoms with van der Waals surface area (Å²) in [6, 6.07) is 3.36. The smallest absolute Gasteiger partial charge is 0.256 e. The molecule has 0 unspecified atom stereocenters. The first-order chi connectivity index (χ1) is 20.3. The monoisotopic (exact) mass is 550 g/mol. The fraction of sp³-hybridized carbons (Fsp3) is 0.531. The van der Waals surface area contributed by atoms with Gasteiger partial charge in [-0.15, -0.1) is 0 Å². The standard InChI is InChI=1S/C32H42FN5O2/c1-21(2)35(5)32(40)28-15-27(33)6-7-29(28)38-20-26(31-22(3)16-34-17-30(31)38)14-25-8-11-36(19-25)18-24-9-12-37(13-10-24)23(4)39/h6-7,15-17,20-21,24-25H,8-14,18-19H2,1-5H3/t25-/m0/s1/i5D3. The van der Waals surface area contributed by atoms with E-state index >= 15 is 0 Å². The Balaban J connectivity index is 1.41. The molecule has 1 atom stereocenters. The van der Waals surface area contributed by atoms with Crippen molar-refractivity contribution in [1.29, 1.82) is 0 Å². The molecule has 2 aliphatic heterocycles. The molecule has 0 bridgehead atoms. The van der Waals surface area contributed by atoms with Gasteiger partial charge in [0, 0.05) is 68.0 Å².